The van der Waals surface area contributed by atoms with Gasteiger partial charge in [-0.05, 0) is 65.5 Å². The van der Waals surface area contributed by atoms with Crippen LogP contribution in [0.25, 0.3) is 0 Å². The van der Waals surface area contributed by atoms with Crippen LogP contribution < -0.4 is 26.5 Å². The molecule has 0 fully saturated rings. The van der Waals surface area contributed by atoms with Crippen molar-refractivity contribution in [2.45, 2.75) is 53.4 Å². The number of phosphoric acid groups is 1. The van der Waals surface area contributed by atoms with Gasteiger partial charge in [-0.3, -0.25) is 4.79 Å². The number of nitrogens with two attached hydrogens (primary N) is 2. The van der Waals surface area contributed by atoms with Crippen LogP contribution in [0.3, 0.4) is 0 Å². The maximum Gasteiger partial charge on any atom is 0.563 e. The topological polar surface area (TPSA) is 170 Å². The molecular formula is C28H37N4O7P. The molecule has 2 aromatic carbocycles. The predicted molar refractivity (Wildman–Crippen MR) is 155 cm³/mol. The van der Waals surface area contributed by atoms with Gasteiger partial charge in [-0.1, -0.05) is 41.0 Å². The summed E-state index contributed by atoms with van der Waals surface area (Å²) in [5.74, 6) is 8.90. The maximum atomic E-state index is 13.8. The van der Waals surface area contributed by atoms with Crippen LogP contribution in [-0.2, 0) is 13.8 Å². The van der Waals surface area contributed by atoms with E-state index in [2.05, 4.69) is 47.5 Å². The molecule has 216 valence electrons. The number of hydrogen-bond acceptors (Lipinski definition) is 10. The van der Waals surface area contributed by atoms with E-state index in [-0.39, 0.29) is 46.4 Å². The predicted octanol–water partition coefficient (Wildman–Crippen LogP) is 6.49. The fraction of sp³-hybridized carbons (Fsp3) is 0.321. The quantitative estimate of drug-likeness (QED) is 0.0623. The monoisotopic (exact) mass is 572 g/mol. The number of rotatable bonds is 12. The van der Waals surface area contributed by atoms with Gasteiger partial charge in [0.15, 0.2) is 5.75 Å². The van der Waals surface area contributed by atoms with E-state index in [1.54, 1.807) is 0 Å². The van der Waals surface area contributed by atoms with Crippen molar-refractivity contribution < 1.29 is 33.3 Å². The Morgan fingerprint density at radius 3 is 2.27 bits per heavy atom. The molecule has 3 rings (SSSR count). The first kappa shape index (κ1) is 30.9. The highest BCUT2D eigenvalue weighted by atomic mass is 31.2. The van der Waals surface area contributed by atoms with Crippen LogP contribution in [0.2, 0.25) is 0 Å². The second-order valence-electron chi connectivity index (χ2n) is 9.79. The summed E-state index contributed by atoms with van der Waals surface area (Å²) in [5.41, 5.74) is 4.28. The van der Waals surface area contributed by atoms with Crippen molar-refractivity contribution in [1.82, 2.24) is 0 Å². The standard InChI is InChI=1S/C28H37N4O7P/c1-18(2)8-5-9-19(3)10-6-11-20(4)14-15-32-23-16-21(33)17-24(34)27(23)31-26-22(28(32)35)12-7-13-25(26)37-40(36,38-29)39-30/h7-8,10,12-14,16-17,31,33-34H,5-6,9,11,15,29-30H2,1-4H3. The minimum absolute atomic E-state index is 0.0704. The lowest BCUT2D eigenvalue weighted by molar-refractivity contribution is 0.0990. The van der Waals surface area contributed by atoms with E-state index in [0.29, 0.717) is 0 Å². The molecule has 0 aromatic heterocycles. The van der Waals surface area contributed by atoms with Gasteiger partial charge < -0.3 is 25.0 Å². The number of phenols is 2. The van der Waals surface area contributed by atoms with Crippen molar-refractivity contribution in [2.24, 2.45) is 11.8 Å². The maximum absolute atomic E-state index is 13.8. The zero-order chi connectivity index (χ0) is 29.4. The highest BCUT2D eigenvalue weighted by molar-refractivity contribution is 7.48. The number of phenolic OH excluding ortho intramolecular Hbond substituents is 2. The van der Waals surface area contributed by atoms with E-state index in [1.165, 1.54) is 40.3 Å². The van der Waals surface area contributed by atoms with Crippen molar-refractivity contribution in [1.29, 1.82) is 0 Å². The van der Waals surface area contributed by atoms with Crippen LogP contribution in [0.5, 0.6) is 17.2 Å². The van der Waals surface area contributed by atoms with Gasteiger partial charge in [0.25, 0.3) is 5.91 Å². The van der Waals surface area contributed by atoms with Gasteiger partial charge >= 0.3 is 7.82 Å². The molecule has 0 spiro atoms. The van der Waals surface area contributed by atoms with Crippen LogP contribution in [0, 0.1) is 0 Å². The molecule has 7 N–H and O–H groups in total. The number of aromatic hydroxyl groups is 2. The number of carbonyl (C=O) groups is 1. The smallest absolute Gasteiger partial charge is 0.508 e. The SMILES string of the molecule is CC(C)=CCCC(C)=CCCC(C)=CCN1C(=O)c2cccc(OP(=O)(ON)ON)c2Nc2c(O)cc(O)cc21. The van der Waals surface area contributed by atoms with Crippen molar-refractivity contribution in [2.75, 3.05) is 16.8 Å². The van der Waals surface area contributed by atoms with Crippen molar-refractivity contribution in [3.63, 3.8) is 0 Å². The number of amides is 1. The van der Waals surface area contributed by atoms with Gasteiger partial charge in [0.2, 0.25) is 0 Å². The lowest BCUT2D eigenvalue weighted by Gasteiger charge is -2.22. The molecule has 1 aliphatic heterocycles. The summed E-state index contributed by atoms with van der Waals surface area (Å²) in [6.07, 6.45) is 10.1. The fourth-order valence-electron chi connectivity index (χ4n) is 4.19. The summed E-state index contributed by atoms with van der Waals surface area (Å²) in [4.78, 5) is 15.2. The Morgan fingerprint density at radius 1 is 0.975 bits per heavy atom. The second kappa shape index (κ2) is 13.6. The molecule has 1 aliphatic rings. The molecule has 0 aliphatic carbocycles. The number of hydrogen-bond donors (Lipinski definition) is 5. The van der Waals surface area contributed by atoms with Crippen molar-refractivity contribution in [3.8, 4) is 17.2 Å². The summed E-state index contributed by atoms with van der Waals surface area (Å²) < 4.78 is 26.3. The van der Waals surface area contributed by atoms with Gasteiger partial charge in [0, 0.05) is 18.7 Å². The number of carbonyl (C=O) groups excluding carboxylic acids is 1. The number of anilines is 3. The van der Waals surface area contributed by atoms with Crippen LogP contribution in [-0.4, -0.2) is 22.7 Å². The molecule has 0 saturated heterocycles. The van der Waals surface area contributed by atoms with E-state index in [4.69, 9.17) is 16.3 Å². The van der Waals surface area contributed by atoms with Crippen molar-refractivity contribution >= 4 is 30.8 Å². The Morgan fingerprint density at radius 2 is 1.62 bits per heavy atom. The van der Waals surface area contributed by atoms with Gasteiger partial charge in [0.1, 0.15) is 17.2 Å². The number of nitrogens with one attached hydrogen (secondary N) is 1. The molecule has 0 atom stereocenters. The number of nitrogens with zero attached hydrogens (tertiary/aromatic N) is 1. The van der Waals surface area contributed by atoms with E-state index >= 15 is 0 Å². The van der Waals surface area contributed by atoms with E-state index in [1.807, 2.05) is 13.0 Å². The third-order valence-corrected chi connectivity index (χ3v) is 7.27. The normalized spacial score (nSPS) is 13.8. The molecule has 0 bridgehead atoms. The van der Waals surface area contributed by atoms with Gasteiger partial charge in [-0.25, -0.2) is 16.4 Å². The Labute approximate surface area is 234 Å². The molecule has 2 aromatic rings. The van der Waals surface area contributed by atoms with E-state index in [0.717, 1.165) is 37.3 Å². The summed E-state index contributed by atoms with van der Waals surface area (Å²) in [6, 6.07) is 6.93. The molecule has 1 heterocycles. The molecule has 0 saturated carbocycles. The summed E-state index contributed by atoms with van der Waals surface area (Å²) in [5, 5.41) is 23.9. The average molecular weight is 573 g/mol. The first-order chi connectivity index (χ1) is 19.0. The number of fused-ring (bicyclic) bond motifs is 2. The van der Waals surface area contributed by atoms with Crippen LogP contribution in [0.4, 0.5) is 17.1 Å². The largest absolute Gasteiger partial charge is 0.563 e. The van der Waals surface area contributed by atoms with E-state index < -0.39 is 13.7 Å². The fourth-order valence-corrected chi connectivity index (χ4v) is 4.72. The summed E-state index contributed by atoms with van der Waals surface area (Å²) in [6.45, 7) is 8.47. The lowest BCUT2D eigenvalue weighted by atomic mass is 10.1. The highest BCUT2D eigenvalue weighted by Crippen LogP contribution is 2.51. The number of allylic oxidation sites excluding steroid dienone is 5. The van der Waals surface area contributed by atoms with E-state index in [9.17, 15) is 19.6 Å². The third kappa shape index (κ3) is 7.74. The number of benzene rings is 2. The van der Waals surface area contributed by atoms with Crippen LogP contribution >= 0.6 is 7.82 Å². The first-order valence-electron chi connectivity index (χ1n) is 12.8. The third-order valence-electron chi connectivity index (χ3n) is 6.34. The Bertz CT molecular complexity index is 1370. The van der Waals surface area contributed by atoms with Crippen LogP contribution in [0.15, 0.2) is 65.3 Å². The van der Waals surface area contributed by atoms with Gasteiger partial charge in [-0.2, -0.15) is 9.25 Å². The second-order valence-corrected chi connectivity index (χ2v) is 11.3. The minimum atomic E-state index is -4.39. The molecule has 11 nitrogen and oxygen atoms in total. The average Bonchev–Trinajstić information content (AvgIpc) is 3.02. The molecular weight excluding hydrogens is 535 g/mol. The van der Waals surface area contributed by atoms with Crippen LogP contribution in [0.1, 0.15) is 63.7 Å². The molecule has 1 amide bonds. The van der Waals surface area contributed by atoms with Gasteiger partial charge in [-0.15, -0.1) is 0 Å². The summed E-state index contributed by atoms with van der Waals surface area (Å²) >= 11 is 0. The zero-order valence-electron chi connectivity index (χ0n) is 23.1. The molecule has 0 unspecified atom stereocenters. The molecule has 12 heteroatoms. The molecule has 0 radical (unpaired) electrons. The van der Waals surface area contributed by atoms with Gasteiger partial charge in [0.05, 0.1) is 16.9 Å². The Kier molecular flexibility index (Phi) is 10.6. The Balaban J connectivity index is 1.90. The highest BCUT2D eigenvalue weighted by Gasteiger charge is 2.34. The lowest BCUT2D eigenvalue weighted by Crippen LogP contribution is -2.30. The number of para-hydroxylation sites is 1. The van der Waals surface area contributed by atoms with Crippen molar-refractivity contribution in [3.05, 3.63) is 70.8 Å². The molecule has 40 heavy (non-hydrogen) atoms. The minimum Gasteiger partial charge on any atom is -0.508 e. The zero-order valence-corrected chi connectivity index (χ0v) is 24.0. The Hall–Kier alpha value is -3.60. The summed E-state index contributed by atoms with van der Waals surface area (Å²) in [7, 11) is -4.39. The first-order valence-corrected chi connectivity index (χ1v) is 14.2.